The van der Waals surface area contributed by atoms with Crippen molar-refractivity contribution in [3.63, 3.8) is 0 Å². The van der Waals surface area contributed by atoms with Gasteiger partial charge in [-0.15, -0.1) is 0 Å². The SMILES string of the molecule is c1ccc(-c2cccc(-c3ccc(N(c4cccc(-c5oc6ccccc6c5-c5ccccc5)c4)c4ccc5ccccc5c4)cc3)c2)cc1. The normalized spacial score (nSPS) is 11.2. The third-order valence-corrected chi connectivity index (χ3v) is 9.44. The fourth-order valence-electron chi connectivity index (χ4n) is 7.00. The summed E-state index contributed by atoms with van der Waals surface area (Å²) in [6, 6.07) is 71.0. The quantitative estimate of drug-likeness (QED) is 0.173. The van der Waals surface area contributed by atoms with Crippen LogP contribution in [0.5, 0.6) is 0 Å². The predicted molar refractivity (Wildman–Crippen MR) is 210 cm³/mol. The van der Waals surface area contributed by atoms with Crippen molar-refractivity contribution >= 4 is 38.8 Å². The zero-order valence-electron chi connectivity index (χ0n) is 27.4. The number of hydrogen-bond acceptors (Lipinski definition) is 2. The molecule has 50 heavy (non-hydrogen) atoms. The van der Waals surface area contributed by atoms with E-state index in [0.29, 0.717) is 0 Å². The molecule has 9 aromatic rings. The Balaban J connectivity index is 1.16. The molecule has 2 nitrogen and oxygen atoms in total. The molecule has 9 rings (SSSR count). The Kier molecular flexibility index (Phi) is 7.53. The van der Waals surface area contributed by atoms with Crippen LogP contribution in [0.3, 0.4) is 0 Å². The largest absolute Gasteiger partial charge is 0.455 e. The minimum atomic E-state index is 0.867. The van der Waals surface area contributed by atoms with E-state index in [-0.39, 0.29) is 0 Å². The van der Waals surface area contributed by atoms with E-state index >= 15 is 0 Å². The van der Waals surface area contributed by atoms with Gasteiger partial charge in [0.05, 0.1) is 0 Å². The number of fused-ring (bicyclic) bond motifs is 2. The summed E-state index contributed by atoms with van der Waals surface area (Å²) in [5.74, 6) is 0.867. The van der Waals surface area contributed by atoms with E-state index in [4.69, 9.17) is 4.42 Å². The van der Waals surface area contributed by atoms with Gasteiger partial charge in [0, 0.05) is 33.6 Å². The maximum Gasteiger partial charge on any atom is 0.143 e. The number of nitrogens with zero attached hydrogens (tertiary/aromatic N) is 1. The topological polar surface area (TPSA) is 16.4 Å². The Hall–Kier alpha value is -6.64. The molecule has 1 aromatic heterocycles. The molecule has 0 aliphatic rings. The highest BCUT2D eigenvalue weighted by Gasteiger charge is 2.20. The van der Waals surface area contributed by atoms with Crippen LogP contribution in [0.4, 0.5) is 17.1 Å². The van der Waals surface area contributed by atoms with Gasteiger partial charge in [0.15, 0.2) is 0 Å². The molecule has 0 amide bonds. The van der Waals surface area contributed by atoms with Crippen LogP contribution in [0.2, 0.25) is 0 Å². The van der Waals surface area contributed by atoms with Gasteiger partial charge in [-0.3, -0.25) is 0 Å². The van der Waals surface area contributed by atoms with Gasteiger partial charge in [0.25, 0.3) is 0 Å². The molecule has 0 aliphatic heterocycles. The molecule has 8 aromatic carbocycles. The van der Waals surface area contributed by atoms with E-state index in [2.05, 4.69) is 193 Å². The lowest BCUT2D eigenvalue weighted by molar-refractivity contribution is 0.632. The minimum Gasteiger partial charge on any atom is -0.455 e. The molecule has 0 radical (unpaired) electrons. The van der Waals surface area contributed by atoms with E-state index < -0.39 is 0 Å². The molecule has 236 valence electrons. The van der Waals surface area contributed by atoms with Crippen molar-refractivity contribution in [1.29, 1.82) is 0 Å². The lowest BCUT2D eigenvalue weighted by Crippen LogP contribution is -2.10. The fourth-order valence-corrected chi connectivity index (χ4v) is 7.00. The number of hydrogen-bond donors (Lipinski definition) is 0. The molecule has 0 saturated carbocycles. The van der Waals surface area contributed by atoms with Crippen molar-refractivity contribution in [3.8, 4) is 44.7 Å². The van der Waals surface area contributed by atoms with Crippen molar-refractivity contribution in [1.82, 2.24) is 0 Å². The van der Waals surface area contributed by atoms with Crippen LogP contribution in [0.25, 0.3) is 66.4 Å². The second-order valence-electron chi connectivity index (χ2n) is 12.6. The molecule has 2 heteroatoms. The first kappa shape index (κ1) is 29.5. The van der Waals surface area contributed by atoms with Crippen LogP contribution in [-0.2, 0) is 0 Å². The molecular weight excluding hydrogens is 607 g/mol. The molecule has 0 saturated heterocycles. The number of anilines is 3. The lowest BCUT2D eigenvalue weighted by atomic mass is 9.98. The number of benzene rings is 8. The lowest BCUT2D eigenvalue weighted by Gasteiger charge is -2.26. The summed E-state index contributed by atoms with van der Waals surface area (Å²) in [7, 11) is 0. The summed E-state index contributed by atoms with van der Waals surface area (Å²) in [6.07, 6.45) is 0. The summed E-state index contributed by atoms with van der Waals surface area (Å²) in [5, 5.41) is 3.52. The van der Waals surface area contributed by atoms with E-state index in [9.17, 15) is 0 Å². The van der Waals surface area contributed by atoms with Gasteiger partial charge in [-0.05, 0) is 87.1 Å². The van der Waals surface area contributed by atoms with Gasteiger partial charge < -0.3 is 9.32 Å². The number of para-hydroxylation sites is 1. The average molecular weight is 640 g/mol. The van der Waals surface area contributed by atoms with E-state index in [1.54, 1.807) is 0 Å². The van der Waals surface area contributed by atoms with E-state index in [1.807, 2.05) is 12.1 Å². The van der Waals surface area contributed by atoms with E-state index in [0.717, 1.165) is 50.5 Å². The zero-order valence-corrected chi connectivity index (χ0v) is 27.4. The Morgan fingerprint density at radius 2 is 0.880 bits per heavy atom. The number of furan rings is 1. The van der Waals surface area contributed by atoms with Crippen molar-refractivity contribution < 1.29 is 4.42 Å². The number of rotatable bonds is 7. The molecular formula is C48H33NO. The van der Waals surface area contributed by atoms with Crippen LogP contribution in [0.15, 0.2) is 205 Å². The van der Waals surface area contributed by atoms with Gasteiger partial charge in [-0.2, -0.15) is 0 Å². The third kappa shape index (κ3) is 5.53. The molecule has 0 N–H and O–H groups in total. The Bertz CT molecular complexity index is 2580. The highest BCUT2D eigenvalue weighted by Crippen LogP contribution is 2.44. The van der Waals surface area contributed by atoms with Crippen LogP contribution in [0, 0.1) is 0 Å². The Morgan fingerprint density at radius 3 is 1.66 bits per heavy atom. The zero-order chi connectivity index (χ0) is 33.3. The average Bonchev–Trinajstić information content (AvgIpc) is 3.59. The summed E-state index contributed by atoms with van der Waals surface area (Å²) >= 11 is 0. The van der Waals surface area contributed by atoms with Crippen LogP contribution < -0.4 is 4.90 Å². The molecule has 0 unspecified atom stereocenters. The smallest absolute Gasteiger partial charge is 0.143 e. The standard InChI is InChI=1S/C48H33NO/c1-3-13-34(14-4-1)38-19-11-20-39(31-38)36-25-28-42(29-26-36)49(44-30-27-35-15-7-8-18-40(35)32-44)43-22-12-21-41(33-43)48-47(37-16-5-2-6-17-37)45-23-9-10-24-46(45)50-48/h1-33H. The predicted octanol–water partition coefficient (Wildman–Crippen LogP) is 13.7. The molecule has 0 aliphatic carbocycles. The molecule has 1 heterocycles. The molecule has 0 spiro atoms. The molecule has 0 atom stereocenters. The summed E-state index contributed by atoms with van der Waals surface area (Å²) < 4.78 is 6.63. The summed E-state index contributed by atoms with van der Waals surface area (Å²) in [5.41, 5.74) is 12.2. The van der Waals surface area contributed by atoms with Gasteiger partial charge in [0.2, 0.25) is 0 Å². The first-order chi connectivity index (χ1) is 24.8. The van der Waals surface area contributed by atoms with Crippen LogP contribution >= 0.6 is 0 Å². The van der Waals surface area contributed by atoms with Crippen molar-refractivity contribution in [3.05, 3.63) is 200 Å². The van der Waals surface area contributed by atoms with Gasteiger partial charge >= 0.3 is 0 Å². The Morgan fingerprint density at radius 1 is 0.320 bits per heavy atom. The molecule has 0 bridgehead atoms. The summed E-state index contributed by atoms with van der Waals surface area (Å²) in [4.78, 5) is 2.34. The monoisotopic (exact) mass is 639 g/mol. The maximum atomic E-state index is 6.63. The second-order valence-corrected chi connectivity index (χ2v) is 12.6. The van der Waals surface area contributed by atoms with Crippen LogP contribution in [0.1, 0.15) is 0 Å². The summed E-state index contributed by atoms with van der Waals surface area (Å²) in [6.45, 7) is 0. The molecule has 0 fully saturated rings. The maximum absolute atomic E-state index is 6.63. The van der Waals surface area contributed by atoms with Gasteiger partial charge in [-0.25, -0.2) is 0 Å². The fraction of sp³-hybridized carbons (Fsp3) is 0. The van der Waals surface area contributed by atoms with Crippen molar-refractivity contribution in [2.24, 2.45) is 0 Å². The van der Waals surface area contributed by atoms with Gasteiger partial charge in [-0.1, -0.05) is 152 Å². The first-order valence-electron chi connectivity index (χ1n) is 17.0. The van der Waals surface area contributed by atoms with Crippen molar-refractivity contribution in [2.75, 3.05) is 4.90 Å². The highest BCUT2D eigenvalue weighted by atomic mass is 16.3. The third-order valence-electron chi connectivity index (χ3n) is 9.44. The van der Waals surface area contributed by atoms with Crippen LogP contribution in [-0.4, -0.2) is 0 Å². The minimum absolute atomic E-state index is 0.867. The second kappa shape index (κ2) is 12.8. The van der Waals surface area contributed by atoms with Crippen molar-refractivity contribution in [2.45, 2.75) is 0 Å². The van der Waals surface area contributed by atoms with Gasteiger partial charge in [0.1, 0.15) is 11.3 Å². The van der Waals surface area contributed by atoms with E-state index in [1.165, 1.54) is 33.0 Å². The Labute approximate surface area is 292 Å². The highest BCUT2D eigenvalue weighted by molar-refractivity contribution is 6.02. The first-order valence-corrected chi connectivity index (χ1v) is 17.0.